The molecule has 92 valence electrons. The van der Waals surface area contributed by atoms with Crippen LogP contribution in [0.2, 0.25) is 0 Å². The van der Waals surface area contributed by atoms with Gasteiger partial charge in [-0.05, 0) is 18.1 Å². The molecule has 1 atom stereocenters. The molecule has 0 aliphatic carbocycles. The van der Waals surface area contributed by atoms with Gasteiger partial charge in [0.15, 0.2) is 5.82 Å². The molecule has 0 saturated carbocycles. The van der Waals surface area contributed by atoms with Gasteiger partial charge >= 0.3 is 0 Å². The summed E-state index contributed by atoms with van der Waals surface area (Å²) in [5, 5.41) is 4.08. The second kappa shape index (κ2) is 5.68. The Kier molecular flexibility index (Phi) is 4.80. The first-order valence-electron chi connectivity index (χ1n) is 5.35. The van der Waals surface area contributed by atoms with E-state index in [1.54, 1.807) is 7.11 Å². The molecule has 0 spiro atoms. The lowest BCUT2D eigenvalue weighted by molar-refractivity contribution is 0.174. The van der Waals surface area contributed by atoms with Crippen molar-refractivity contribution in [2.75, 3.05) is 12.9 Å². The molecule has 1 aromatic heterocycles. The second-order valence-electron chi connectivity index (χ2n) is 5.00. The van der Waals surface area contributed by atoms with Crippen molar-refractivity contribution in [1.82, 2.24) is 10.1 Å². The maximum Gasteiger partial charge on any atom is 0.239 e. The Labute approximate surface area is 101 Å². The minimum absolute atomic E-state index is 0.234. The number of methoxy groups -OCH3 is 1. The molecule has 0 bridgehead atoms. The lowest BCUT2D eigenvalue weighted by atomic mass is 10.0. The molecule has 0 N–H and O–H groups in total. The molecule has 1 rings (SSSR count). The van der Waals surface area contributed by atoms with E-state index in [2.05, 4.69) is 37.8 Å². The summed E-state index contributed by atoms with van der Waals surface area (Å²) >= 11 is 1.83. The zero-order chi connectivity index (χ0) is 12.2. The van der Waals surface area contributed by atoms with Crippen molar-refractivity contribution >= 4 is 11.8 Å². The minimum atomic E-state index is 0.234. The Morgan fingerprint density at radius 3 is 2.69 bits per heavy atom. The third-order valence-corrected chi connectivity index (χ3v) is 3.61. The van der Waals surface area contributed by atoms with Crippen LogP contribution < -0.4 is 0 Å². The normalized spacial score (nSPS) is 14.1. The van der Waals surface area contributed by atoms with Gasteiger partial charge in [0.2, 0.25) is 5.89 Å². The van der Waals surface area contributed by atoms with Crippen LogP contribution in [0, 0.1) is 5.41 Å². The Balaban J connectivity index is 2.49. The Hall–Kier alpha value is -0.550. The molecule has 5 heteroatoms. The maximum atomic E-state index is 5.18. The standard InChI is InChI=1S/C11H20N2O2S/c1-8(16-7-11(2,3)4)10-12-9(6-14-5)13-15-10/h8H,6-7H2,1-5H3. The van der Waals surface area contributed by atoms with Crippen molar-refractivity contribution in [2.24, 2.45) is 5.41 Å². The summed E-state index contributed by atoms with van der Waals surface area (Å²) < 4.78 is 10.1. The molecule has 0 amide bonds. The summed E-state index contributed by atoms with van der Waals surface area (Å²) in [5.74, 6) is 2.36. The maximum absolute atomic E-state index is 5.18. The van der Waals surface area contributed by atoms with Crippen molar-refractivity contribution < 1.29 is 9.26 Å². The van der Waals surface area contributed by atoms with E-state index in [9.17, 15) is 0 Å². The number of nitrogens with zero attached hydrogens (tertiary/aromatic N) is 2. The summed E-state index contributed by atoms with van der Waals surface area (Å²) in [6.45, 7) is 9.14. The van der Waals surface area contributed by atoms with Crippen molar-refractivity contribution in [1.29, 1.82) is 0 Å². The van der Waals surface area contributed by atoms with E-state index in [0.29, 0.717) is 23.7 Å². The summed E-state index contributed by atoms with van der Waals surface area (Å²) in [6, 6.07) is 0. The van der Waals surface area contributed by atoms with E-state index < -0.39 is 0 Å². The highest BCUT2D eigenvalue weighted by atomic mass is 32.2. The molecule has 0 saturated heterocycles. The molecule has 0 aliphatic rings. The molecule has 0 radical (unpaired) electrons. The first-order chi connectivity index (χ1) is 7.42. The average Bonchev–Trinajstić information content (AvgIpc) is 2.62. The van der Waals surface area contributed by atoms with Crippen LogP contribution >= 0.6 is 11.8 Å². The van der Waals surface area contributed by atoms with Gasteiger partial charge in [-0.3, -0.25) is 0 Å². The number of ether oxygens (including phenoxy) is 1. The Morgan fingerprint density at radius 2 is 2.12 bits per heavy atom. The van der Waals surface area contributed by atoms with Crippen LogP contribution in [0.15, 0.2) is 4.52 Å². The molecule has 1 heterocycles. The van der Waals surface area contributed by atoms with Gasteiger partial charge in [0, 0.05) is 7.11 Å². The first kappa shape index (κ1) is 13.5. The van der Waals surface area contributed by atoms with Gasteiger partial charge in [-0.15, -0.1) is 11.8 Å². The third-order valence-electron chi connectivity index (χ3n) is 1.87. The first-order valence-corrected chi connectivity index (χ1v) is 6.40. The molecule has 0 aromatic carbocycles. The number of hydrogen-bond acceptors (Lipinski definition) is 5. The van der Waals surface area contributed by atoms with E-state index in [-0.39, 0.29) is 5.25 Å². The van der Waals surface area contributed by atoms with Crippen molar-refractivity contribution in [3.8, 4) is 0 Å². The van der Waals surface area contributed by atoms with Crippen LogP contribution in [-0.4, -0.2) is 23.0 Å². The fraction of sp³-hybridized carbons (Fsp3) is 0.818. The quantitative estimate of drug-likeness (QED) is 0.796. The van der Waals surface area contributed by atoms with Crippen molar-refractivity contribution in [2.45, 2.75) is 39.6 Å². The summed E-state index contributed by atoms with van der Waals surface area (Å²) in [7, 11) is 1.62. The molecule has 0 fully saturated rings. The average molecular weight is 244 g/mol. The van der Waals surface area contributed by atoms with E-state index in [0.717, 1.165) is 5.75 Å². The van der Waals surface area contributed by atoms with E-state index in [4.69, 9.17) is 9.26 Å². The smallest absolute Gasteiger partial charge is 0.239 e. The largest absolute Gasteiger partial charge is 0.377 e. The third kappa shape index (κ3) is 4.53. The number of thioether (sulfide) groups is 1. The van der Waals surface area contributed by atoms with Gasteiger partial charge in [0.05, 0.1) is 5.25 Å². The van der Waals surface area contributed by atoms with Crippen LogP contribution in [0.25, 0.3) is 0 Å². The van der Waals surface area contributed by atoms with Crippen LogP contribution in [-0.2, 0) is 11.3 Å². The van der Waals surface area contributed by atoms with Gasteiger partial charge in [0.1, 0.15) is 6.61 Å². The summed E-state index contributed by atoms with van der Waals surface area (Å²) in [4.78, 5) is 4.28. The highest BCUT2D eigenvalue weighted by molar-refractivity contribution is 7.99. The Morgan fingerprint density at radius 1 is 1.44 bits per heavy atom. The summed E-state index contributed by atoms with van der Waals surface area (Å²) in [5.41, 5.74) is 0.314. The van der Waals surface area contributed by atoms with Gasteiger partial charge in [0.25, 0.3) is 0 Å². The highest BCUT2D eigenvalue weighted by Crippen LogP contribution is 2.32. The predicted molar refractivity (Wildman–Crippen MR) is 65.3 cm³/mol. The number of aromatic nitrogens is 2. The molecular formula is C11H20N2O2S. The topological polar surface area (TPSA) is 48.2 Å². The van der Waals surface area contributed by atoms with E-state index >= 15 is 0 Å². The lowest BCUT2D eigenvalue weighted by Gasteiger charge is -2.18. The highest BCUT2D eigenvalue weighted by Gasteiger charge is 2.18. The van der Waals surface area contributed by atoms with Crippen LogP contribution in [0.4, 0.5) is 0 Å². The minimum Gasteiger partial charge on any atom is -0.377 e. The molecular weight excluding hydrogens is 224 g/mol. The SMILES string of the molecule is COCc1noc(C(C)SCC(C)(C)C)n1. The van der Waals surface area contributed by atoms with Crippen LogP contribution in [0.3, 0.4) is 0 Å². The summed E-state index contributed by atoms with van der Waals surface area (Å²) in [6.07, 6.45) is 0. The molecule has 4 nitrogen and oxygen atoms in total. The van der Waals surface area contributed by atoms with E-state index in [1.165, 1.54) is 0 Å². The second-order valence-corrected chi connectivity index (χ2v) is 6.32. The fourth-order valence-corrected chi connectivity index (χ4v) is 2.05. The zero-order valence-corrected chi connectivity index (χ0v) is 11.4. The number of rotatable bonds is 5. The zero-order valence-electron chi connectivity index (χ0n) is 10.6. The monoisotopic (exact) mass is 244 g/mol. The van der Waals surface area contributed by atoms with E-state index in [1.807, 2.05) is 11.8 Å². The molecule has 1 aromatic rings. The van der Waals surface area contributed by atoms with Crippen LogP contribution in [0.1, 0.15) is 44.7 Å². The molecule has 1 unspecified atom stereocenters. The van der Waals surface area contributed by atoms with Gasteiger partial charge < -0.3 is 9.26 Å². The van der Waals surface area contributed by atoms with Crippen molar-refractivity contribution in [3.63, 3.8) is 0 Å². The van der Waals surface area contributed by atoms with Gasteiger partial charge in [-0.25, -0.2) is 0 Å². The lowest BCUT2D eigenvalue weighted by Crippen LogP contribution is -2.09. The molecule has 0 aliphatic heterocycles. The Bertz CT molecular complexity index is 320. The predicted octanol–water partition coefficient (Wildman–Crippen LogP) is 3.06. The van der Waals surface area contributed by atoms with Crippen LogP contribution in [0.5, 0.6) is 0 Å². The number of hydrogen-bond donors (Lipinski definition) is 0. The van der Waals surface area contributed by atoms with Gasteiger partial charge in [-0.1, -0.05) is 25.9 Å². The van der Waals surface area contributed by atoms with Crippen molar-refractivity contribution in [3.05, 3.63) is 11.7 Å². The molecule has 16 heavy (non-hydrogen) atoms. The van der Waals surface area contributed by atoms with Gasteiger partial charge in [-0.2, -0.15) is 4.98 Å². The fourth-order valence-electron chi connectivity index (χ4n) is 1.07.